The standard InChI is InChI=1S/C20H18N3S.C2H6O3S/c1-3-23-17-10-6-7-11-19(17)24-20(23)15(13-21)18-12-14-8-4-5-9-16(14)22(18)2;1-5-6(2,3)4/h4-11H,3,12H2,1-2H3;1-2H3/q+1;. The number of aryl methyl sites for hydroxylation is 1. The smallest absolute Gasteiger partial charge is 0.282 e. The fourth-order valence-electron chi connectivity index (χ4n) is 3.46. The van der Waals surface area contributed by atoms with Gasteiger partial charge in [-0.25, -0.2) is 0 Å². The van der Waals surface area contributed by atoms with Crippen molar-refractivity contribution in [2.45, 2.75) is 19.9 Å². The normalized spacial score (nSPS) is 14.7. The van der Waals surface area contributed by atoms with Gasteiger partial charge in [0.2, 0.25) is 5.52 Å². The predicted molar refractivity (Wildman–Crippen MR) is 121 cm³/mol. The minimum absolute atomic E-state index is 0.789. The summed E-state index contributed by atoms with van der Waals surface area (Å²) in [4.78, 5) is 2.16. The largest absolute Gasteiger partial charge is 0.346 e. The molecular formula is C22H24N3O3S2+. The van der Waals surface area contributed by atoms with Crippen LogP contribution in [0, 0.1) is 11.3 Å². The molecule has 1 aromatic heterocycles. The van der Waals surface area contributed by atoms with Gasteiger partial charge in [-0.1, -0.05) is 41.7 Å². The summed E-state index contributed by atoms with van der Waals surface area (Å²) in [6.07, 6.45) is 1.81. The van der Waals surface area contributed by atoms with E-state index in [1.165, 1.54) is 21.5 Å². The zero-order chi connectivity index (χ0) is 21.9. The zero-order valence-corrected chi connectivity index (χ0v) is 19.0. The number of benzene rings is 2. The van der Waals surface area contributed by atoms with E-state index < -0.39 is 10.1 Å². The summed E-state index contributed by atoms with van der Waals surface area (Å²) in [5, 5.41) is 11.0. The third-order valence-corrected chi connectivity index (χ3v) is 6.75. The first-order valence-corrected chi connectivity index (χ1v) is 12.1. The van der Waals surface area contributed by atoms with E-state index in [1.54, 1.807) is 11.3 Å². The van der Waals surface area contributed by atoms with Gasteiger partial charge in [-0.15, -0.1) is 0 Å². The van der Waals surface area contributed by atoms with Gasteiger partial charge in [-0.05, 0) is 24.6 Å². The number of hydrogen-bond acceptors (Lipinski definition) is 6. The van der Waals surface area contributed by atoms with E-state index in [-0.39, 0.29) is 0 Å². The topological polar surface area (TPSA) is 74.3 Å². The average Bonchev–Trinajstić information content (AvgIpc) is 3.27. The van der Waals surface area contributed by atoms with Gasteiger partial charge in [0, 0.05) is 30.9 Å². The van der Waals surface area contributed by atoms with Crippen LogP contribution in [0.1, 0.15) is 17.5 Å². The predicted octanol–water partition coefficient (Wildman–Crippen LogP) is 3.73. The lowest BCUT2D eigenvalue weighted by atomic mass is 10.1. The monoisotopic (exact) mass is 442 g/mol. The molecule has 2 aromatic carbocycles. The van der Waals surface area contributed by atoms with Crippen LogP contribution < -0.4 is 9.47 Å². The molecule has 6 nitrogen and oxygen atoms in total. The molecule has 30 heavy (non-hydrogen) atoms. The van der Waals surface area contributed by atoms with Gasteiger partial charge in [0.15, 0.2) is 5.57 Å². The molecule has 0 N–H and O–H groups in total. The van der Waals surface area contributed by atoms with Gasteiger partial charge in [-0.3, -0.25) is 4.18 Å². The Balaban J connectivity index is 0.000000377. The van der Waals surface area contributed by atoms with Crippen LogP contribution in [0.15, 0.2) is 54.2 Å². The molecule has 0 unspecified atom stereocenters. The van der Waals surface area contributed by atoms with Crippen molar-refractivity contribution in [2.24, 2.45) is 0 Å². The number of para-hydroxylation sites is 2. The molecule has 156 valence electrons. The molecular weight excluding hydrogens is 418 g/mol. The number of likely N-dealkylation sites (N-methyl/N-ethyl adjacent to an activating group) is 1. The Morgan fingerprint density at radius 3 is 2.47 bits per heavy atom. The summed E-state index contributed by atoms with van der Waals surface area (Å²) < 4.78 is 26.9. The minimum Gasteiger partial charge on any atom is -0.346 e. The van der Waals surface area contributed by atoms with E-state index in [4.69, 9.17) is 0 Å². The number of nitriles is 1. The fraction of sp³-hybridized carbons (Fsp3) is 0.273. The average molecular weight is 443 g/mol. The number of nitrogens with zero attached hydrogens (tertiary/aromatic N) is 3. The van der Waals surface area contributed by atoms with Gasteiger partial charge < -0.3 is 4.90 Å². The molecule has 0 fully saturated rings. The van der Waals surface area contributed by atoms with E-state index >= 15 is 0 Å². The molecule has 1 aliphatic heterocycles. The fourth-order valence-corrected chi connectivity index (χ4v) is 4.70. The molecule has 0 amide bonds. The van der Waals surface area contributed by atoms with E-state index in [0.717, 1.165) is 42.6 Å². The van der Waals surface area contributed by atoms with E-state index in [0.29, 0.717) is 0 Å². The summed E-state index contributed by atoms with van der Waals surface area (Å²) >= 11 is 1.70. The number of thiazole rings is 1. The highest BCUT2D eigenvalue weighted by molar-refractivity contribution is 7.85. The molecule has 0 bridgehead atoms. The zero-order valence-electron chi connectivity index (χ0n) is 17.4. The maximum atomic E-state index is 9.94. The molecule has 1 aliphatic rings. The van der Waals surface area contributed by atoms with Crippen molar-refractivity contribution in [2.75, 3.05) is 25.3 Å². The van der Waals surface area contributed by atoms with Gasteiger partial charge >= 0.3 is 0 Å². The second-order valence-corrected chi connectivity index (χ2v) is 9.56. The van der Waals surface area contributed by atoms with Crippen molar-refractivity contribution >= 4 is 42.9 Å². The van der Waals surface area contributed by atoms with Gasteiger partial charge in [-0.2, -0.15) is 18.2 Å². The molecule has 0 spiro atoms. The molecule has 0 atom stereocenters. The number of allylic oxidation sites excluding steroid dienone is 2. The van der Waals surface area contributed by atoms with Crippen LogP contribution in [0.4, 0.5) is 5.69 Å². The van der Waals surface area contributed by atoms with Crippen LogP contribution in [0.2, 0.25) is 0 Å². The first-order valence-electron chi connectivity index (χ1n) is 9.43. The summed E-state index contributed by atoms with van der Waals surface area (Å²) in [5.74, 6) is 0. The first-order chi connectivity index (χ1) is 14.3. The maximum Gasteiger partial charge on any atom is 0.282 e. The molecule has 3 aromatic rings. The Morgan fingerprint density at radius 2 is 1.87 bits per heavy atom. The number of anilines is 1. The van der Waals surface area contributed by atoms with Crippen molar-refractivity contribution in [3.8, 4) is 6.07 Å². The highest BCUT2D eigenvalue weighted by Crippen LogP contribution is 2.37. The number of rotatable bonds is 3. The second kappa shape index (κ2) is 8.96. The molecule has 8 heteroatoms. The van der Waals surface area contributed by atoms with Crippen LogP contribution in [0.3, 0.4) is 0 Å². The lowest BCUT2D eigenvalue weighted by Gasteiger charge is -2.15. The quantitative estimate of drug-likeness (QED) is 0.351. The lowest BCUT2D eigenvalue weighted by molar-refractivity contribution is -0.665. The minimum atomic E-state index is -3.16. The lowest BCUT2D eigenvalue weighted by Crippen LogP contribution is -2.35. The molecule has 0 saturated carbocycles. The number of fused-ring (bicyclic) bond motifs is 2. The van der Waals surface area contributed by atoms with Crippen molar-refractivity contribution in [1.29, 1.82) is 5.26 Å². The molecule has 0 saturated heterocycles. The van der Waals surface area contributed by atoms with E-state index in [2.05, 4.69) is 82.2 Å². The van der Waals surface area contributed by atoms with E-state index in [1.807, 2.05) is 0 Å². The van der Waals surface area contributed by atoms with Crippen molar-refractivity contribution < 1.29 is 17.2 Å². The first kappa shape index (κ1) is 22.0. The van der Waals surface area contributed by atoms with Gasteiger partial charge in [0.1, 0.15) is 17.3 Å². The summed E-state index contributed by atoms with van der Waals surface area (Å²) in [6, 6.07) is 19.2. The van der Waals surface area contributed by atoms with Gasteiger partial charge in [0.05, 0.1) is 13.4 Å². The SMILES string of the molecule is CC[n+]1c(C(C#N)=C2Cc3ccccc3N2C)sc2ccccc21.COS(C)(=O)=O. The highest BCUT2D eigenvalue weighted by Gasteiger charge is 2.30. The Kier molecular flexibility index (Phi) is 6.56. The van der Waals surface area contributed by atoms with Crippen LogP contribution in [-0.4, -0.2) is 28.8 Å². The number of aromatic nitrogens is 1. The Labute approximate surface area is 181 Å². The van der Waals surface area contributed by atoms with E-state index in [9.17, 15) is 13.7 Å². The maximum absolute atomic E-state index is 9.94. The summed E-state index contributed by atoms with van der Waals surface area (Å²) in [6.45, 7) is 2.99. The molecule has 0 aliphatic carbocycles. The van der Waals surface area contributed by atoms with Gasteiger partial charge in [0.25, 0.3) is 15.1 Å². The third kappa shape index (κ3) is 4.38. The van der Waals surface area contributed by atoms with Crippen LogP contribution >= 0.6 is 11.3 Å². The Bertz CT molecular complexity index is 1250. The molecule has 4 rings (SSSR count). The molecule has 2 heterocycles. The van der Waals surface area contributed by atoms with Crippen molar-refractivity contribution in [1.82, 2.24) is 0 Å². The van der Waals surface area contributed by atoms with Crippen LogP contribution in [0.5, 0.6) is 0 Å². The molecule has 0 radical (unpaired) electrons. The summed E-state index contributed by atoms with van der Waals surface area (Å²) in [7, 11) is 0.0160. The highest BCUT2D eigenvalue weighted by atomic mass is 32.2. The Hall–Kier alpha value is -2.73. The second-order valence-electron chi connectivity index (χ2n) is 6.79. The third-order valence-electron chi connectivity index (χ3n) is 4.96. The van der Waals surface area contributed by atoms with Crippen molar-refractivity contribution in [3.63, 3.8) is 0 Å². The summed E-state index contributed by atoms with van der Waals surface area (Å²) in [5.41, 5.74) is 5.56. The van der Waals surface area contributed by atoms with Crippen molar-refractivity contribution in [3.05, 3.63) is 64.8 Å². The van der Waals surface area contributed by atoms with Crippen LogP contribution in [0.25, 0.3) is 15.8 Å². The Morgan fingerprint density at radius 1 is 1.23 bits per heavy atom. The van der Waals surface area contributed by atoms with Crippen LogP contribution in [-0.2, 0) is 27.3 Å². The number of hydrogen-bond donors (Lipinski definition) is 0.